The smallest absolute Gasteiger partial charge is 0.129 e. The molecular formula is C16H27N3. The molecule has 1 saturated heterocycles. The van der Waals surface area contributed by atoms with Crippen molar-refractivity contribution in [2.45, 2.75) is 46.1 Å². The lowest BCUT2D eigenvalue weighted by Gasteiger charge is -2.20. The highest BCUT2D eigenvalue weighted by molar-refractivity contribution is 5.44. The molecule has 0 amide bonds. The van der Waals surface area contributed by atoms with Crippen LogP contribution in [-0.4, -0.2) is 25.1 Å². The first-order valence-electron chi connectivity index (χ1n) is 7.54. The van der Waals surface area contributed by atoms with E-state index in [2.05, 4.69) is 43.1 Å². The molecule has 0 aliphatic carbocycles. The van der Waals surface area contributed by atoms with Crippen LogP contribution in [0.3, 0.4) is 0 Å². The van der Waals surface area contributed by atoms with Crippen LogP contribution >= 0.6 is 0 Å². The molecule has 0 aromatic carbocycles. The molecule has 106 valence electrons. The number of hydrogen-bond donors (Lipinski definition) is 1. The standard InChI is InChI=1S/C16H27N3/c1-5-13-6-7-19(11-13)16-9-14(10-17-4)8-15(18-16)12(2)3/h8-9,12-13,17H,5-7,10-11H2,1-4H3. The molecule has 1 atom stereocenters. The summed E-state index contributed by atoms with van der Waals surface area (Å²) in [5.74, 6) is 2.50. The summed E-state index contributed by atoms with van der Waals surface area (Å²) in [5.41, 5.74) is 2.55. The van der Waals surface area contributed by atoms with Gasteiger partial charge in [0, 0.05) is 25.3 Å². The molecule has 0 radical (unpaired) electrons. The molecular weight excluding hydrogens is 234 g/mol. The van der Waals surface area contributed by atoms with Crippen LogP contribution in [0.5, 0.6) is 0 Å². The Morgan fingerprint density at radius 1 is 1.42 bits per heavy atom. The highest BCUT2D eigenvalue weighted by Gasteiger charge is 2.22. The second kappa shape index (κ2) is 6.38. The van der Waals surface area contributed by atoms with Crippen molar-refractivity contribution >= 4 is 5.82 Å². The summed E-state index contributed by atoms with van der Waals surface area (Å²) in [6.07, 6.45) is 2.59. The highest BCUT2D eigenvalue weighted by atomic mass is 15.2. The minimum absolute atomic E-state index is 0.486. The van der Waals surface area contributed by atoms with Crippen LogP contribution in [-0.2, 0) is 6.54 Å². The largest absolute Gasteiger partial charge is 0.356 e. The Kier molecular flexibility index (Phi) is 4.81. The third-order valence-electron chi connectivity index (χ3n) is 4.05. The Balaban J connectivity index is 2.23. The zero-order valence-corrected chi connectivity index (χ0v) is 12.7. The molecule has 1 fully saturated rings. The molecule has 2 heterocycles. The summed E-state index contributed by atoms with van der Waals surface area (Å²) in [7, 11) is 2.00. The zero-order valence-electron chi connectivity index (χ0n) is 12.7. The number of pyridine rings is 1. The fourth-order valence-electron chi connectivity index (χ4n) is 2.73. The molecule has 2 rings (SSSR count). The summed E-state index contributed by atoms with van der Waals surface area (Å²) in [6, 6.07) is 4.48. The van der Waals surface area contributed by atoms with Crippen molar-refractivity contribution in [2.75, 3.05) is 25.0 Å². The van der Waals surface area contributed by atoms with Crippen LogP contribution < -0.4 is 10.2 Å². The van der Waals surface area contributed by atoms with E-state index in [9.17, 15) is 0 Å². The van der Waals surface area contributed by atoms with Crippen molar-refractivity contribution in [3.8, 4) is 0 Å². The highest BCUT2D eigenvalue weighted by Crippen LogP contribution is 2.26. The average molecular weight is 261 g/mol. The van der Waals surface area contributed by atoms with Gasteiger partial charge < -0.3 is 10.2 Å². The molecule has 1 aromatic heterocycles. The number of nitrogens with zero attached hydrogens (tertiary/aromatic N) is 2. The van der Waals surface area contributed by atoms with Gasteiger partial charge in [-0.05, 0) is 43.0 Å². The van der Waals surface area contributed by atoms with Gasteiger partial charge in [-0.3, -0.25) is 0 Å². The van der Waals surface area contributed by atoms with E-state index in [-0.39, 0.29) is 0 Å². The van der Waals surface area contributed by atoms with Crippen molar-refractivity contribution in [1.82, 2.24) is 10.3 Å². The predicted octanol–water partition coefficient (Wildman–Crippen LogP) is 3.16. The molecule has 3 nitrogen and oxygen atoms in total. The van der Waals surface area contributed by atoms with Gasteiger partial charge in [-0.2, -0.15) is 0 Å². The fraction of sp³-hybridized carbons (Fsp3) is 0.688. The first kappa shape index (κ1) is 14.3. The number of nitrogens with one attached hydrogen (secondary N) is 1. The quantitative estimate of drug-likeness (QED) is 0.882. The van der Waals surface area contributed by atoms with E-state index in [1.807, 2.05) is 7.05 Å². The van der Waals surface area contributed by atoms with Gasteiger partial charge in [-0.25, -0.2) is 4.98 Å². The van der Waals surface area contributed by atoms with Crippen LogP contribution in [0, 0.1) is 5.92 Å². The molecule has 1 aliphatic heterocycles. The average Bonchev–Trinajstić information content (AvgIpc) is 2.87. The van der Waals surface area contributed by atoms with Gasteiger partial charge >= 0.3 is 0 Å². The van der Waals surface area contributed by atoms with Gasteiger partial charge in [-0.1, -0.05) is 27.2 Å². The first-order valence-corrected chi connectivity index (χ1v) is 7.54. The SMILES string of the molecule is CCC1CCN(c2cc(CNC)cc(C(C)C)n2)C1. The second-order valence-corrected chi connectivity index (χ2v) is 5.95. The van der Waals surface area contributed by atoms with Crippen LogP contribution in [0.2, 0.25) is 0 Å². The Labute approximate surface area is 117 Å². The van der Waals surface area contributed by atoms with Crippen molar-refractivity contribution in [2.24, 2.45) is 5.92 Å². The Morgan fingerprint density at radius 2 is 2.21 bits per heavy atom. The van der Waals surface area contributed by atoms with Crippen molar-refractivity contribution in [3.63, 3.8) is 0 Å². The lowest BCUT2D eigenvalue weighted by molar-refractivity contribution is 0.568. The van der Waals surface area contributed by atoms with Gasteiger partial charge in [-0.15, -0.1) is 0 Å². The molecule has 3 heteroatoms. The summed E-state index contributed by atoms with van der Waals surface area (Å²) in [4.78, 5) is 7.32. The van der Waals surface area contributed by atoms with E-state index in [4.69, 9.17) is 4.98 Å². The van der Waals surface area contributed by atoms with Crippen LogP contribution in [0.15, 0.2) is 12.1 Å². The molecule has 1 N–H and O–H groups in total. The Bertz CT molecular complexity index is 414. The van der Waals surface area contributed by atoms with Gasteiger partial charge in [0.1, 0.15) is 5.82 Å². The third-order valence-corrected chi connectivity index (χ3v) is 4.05. The van der Waals surface area contributed by atoms with Crippen molar-refractivity contribution < 1.29 is 0 Å². The van der Waals surface area contributed by atoms with E-state index in [1.165, 1.54) is 36.5 Å². The normalized spacial score (nSPS) is 19.4. The Hall–Kier alpha value is -1.09. The van der Waals surface area contributed by atoms with Crippen LogP contribution in [0.4, 0.5) is 5.82 Å². The van der Waals surface area contributed by atoms with Gasteiger partial charge in [0.25, 0.3) is 0 Å². The van der Waals surface area contributed by atoms with Crippen molar-refractivity contribution in [3.05, 3.63) is 23.4 Å². The summed E-state index contributed by atoms with van der Waals surface area (Å²) < 4.78 is 0. The summed E-state index contributed by atoms with van der Waals surface area (Å²) in [5, 5.41) is 3.24. The fourth-order valence-corrected chi connectivity index (χ4v) is 2.73. The number of rotatable bonds is 5. The van der Waals surface area contributed by atoms with Gasteiger partial charge in [0.15, 0.2) is 0 Å². The minimum Gasteiger partial charge on any atom is -0.356 e. The summed E-state index contributed by atoms with van der Waals surface area (Å²) in [6.45, 7) is 9.97. The molecule has 1 unspecified atom stereocenters. The zero-order chi connectivity index (χ0) is 13.8. The van der Waals surface area contributed by atoms with Gasteiger partial charge in [0.05, 0.1) is 0 Å². The van der Waals surface area contributed by atoms with E-state index in [1.54, 1.807) is 0 Å². The number of aromatic nitrogens is 1. The van der Waals surface area contributed by atoms with Gasteiger partial charge in [0.2, 0.25) is 0 Å². The lowest BCUT2D eigenvalue weighted by atomic mass is 10.1. The molecule has 1 aliphatic rings. The molecule has 19 heavy (non-hydrogen) atoms. The number of hydrogen-bond acceptors (Lipinski definition) is 3. The van der Waals surface area contributed by atoms with E-state index in [0.717, 1.165) is 19.0 Å². The summed E-state index contributed by atoms with van der Waals surface area (Å²) >= 11 is 0. The topological polar surface area (TPSA) is 28.2 Å². The van der Waals surface area contributed by atoms with E-state index < -0.39 is 0 Å². The van der Waals surface area contributed by atoms with Crippen LogP contribution in [0.25, 0.3) is 0 Å². The lowest BCUT2D eigenvalue weighted by Crippen LogP contribution is -2.22. The maximum absolute atomic E-state index is 4.86. The van der Waals surface area contributed by atoms with Crippen LogP contribution in [0.1, 0.15) is 50.8 Å². The maximum atomic E-state index is 4.86. The molecule has 0 saturated carbocycles. The molecule has 1 aromatic rings. The number of anilines is 1. The first-order chi connectivity index (χ1) is 9.13. The molecule has 0 bridgehead atoms. The maximum Gasteiger partial charge on any atom is 0.129 e. The predicted molar refractivity (Wildman–Crippen MR) is 81.7 cm³/mol. The molecule has 0 spiro atoms. The van der Waals surface area contributed by atoms with E-state index >= 15 is 0 Å². The van der Waals surface area contributed by atoms with Crippen molar-refractivity contribution in [1.29, 1.82) is 0 Å². The minimum atomic E-state index is 0.486. The third kappa shape index (κ3) is 3.47. The Morgan fingerprint density at radius 3 is 2.79 bits per heavy atom. The second-order valence-electron chi connectivity index (χ2n) is 5.95. The van der Waals surface area contributed by atoms with E-state index in [0.29, 0.717) is 5.92 Å². The monoisotopic (exact) mass is 261 g/mol.